The SMILES string of the molecule is Cc1ccc(-c2csc(NC(=O)c3oc4ccccc4c3C)n2)cc1. The molecule has 1 N–H and O–H groups in total. The maximum atomic E-state index is 12.6. The van der Waals surface area contributed by atoms with E-state index in [1.54, 1.807) is 0 Å². The molecule has 4 rings (SSSR count). The van der Waals surface area contributed by atoms with Crippen molar-refractivity contribution in [3.63, 3.8) is 0 Å². The molecule has 0 saturated carbocycles. The van der Waals surface area contributed by atoms with Gasteiger partial charge in [-0.1, -0.05) is 48.0 Å². The fraction of sp³-hybridized carbons (Fsp3) is 0.100. The minimum absolute atomic E-state index is 0.279. The molecule has 0 radical (unpaired) electrons. The van der Waals surface area contributed by atoms with Crippen LogP contribution < -0.4 is 5.32 Å². The van der Waals surface area contributed by atoms with Gasteiger partial charge >= 0.3 is 0 Å². The highest BCUT2D eigenvalue weighted by Gasteiger charge is 2.18. The Morgan fingerprint density at radius 2 is 1.84 bits per heavy atom. The number of nitrogens with one attached hydrogen (secondary N) is 1. The number of furan rings is 1. The molecule has 4 aromatic rings. The van der Waals surface area contributed by atoms with Gasteiger partial charge in [-0.05, 0) is 19.9 Å². The van der Waals surface area contributed by atoms with Crippen LogP contribution in [0.3, 0.4) is 0 Å². The molecule has 4 nitrogen and oxygen atoms in total. The third-order valence-electron chi connectivity index (χ3n) is 4.12. The number of thiazole rings is 1. The van der Waals surface area contributed by atoms with Gasteiger partial charge in [-0.25, -0.2) is 4.98 Å². The number of rotatable bonds is 3. The van der Waals surface area contributed by atoms with Gasteiger partial charge in [-0.2, -0.15) is 0 Å². The first-order valence-corrected chi connectivity index (χ1v) is 8.82. The molecule has 2 heterocycles. The zero-order valence-electron chi connectivity index (χ0n) is 13.9. The summed E-state index contributed by atoms with van der Waals surface area (Å²) in [4.78, 5) is 17.1. The van der Waals surface area contributed by atoms with E-state index in [0.717, 1.165) is 22.2 Å². The van der Waals surface area contributed by atoms with Gasteiger partial charge in [-0.3, -0.25) is 10.1 Å². The molecule has 124 valence electrons. The minimum atomic E-state index is -0.279. The van der Waals surface area contributed by atoms with Crippen molar-refractivity contribution in [3.8, 4) is 11.3 Å². The van der Waals surface area contributed by atoms with E-state index in [-0.39, 0.29) is 5.91 Å². The Kier molecular flexibility index (Phi) is 3.86. The van der Waals surface area contributed by atoms with Crippen LogP contribution in [0.5, 0.6) is 0 Å². The van der Waals surface area contributed by atoms with Crippen molar-refractivity contribution in [1.29, 1.82) is 0 Å². The van der Waals surface area contributed by atoms with E-state index < -0.39 is 0 Å². The number of aromatic nitrogens is 1. The Bertz CT molecular complexity index is 1060. The van der Waals surface area contributed by atoms with E-state index in [2.05, 4.69) is 10.3 Å². The molecule has 25 heavy (non-hydrogen) atoms. The van der Waals surface area contributed by atoms with E-state index in [1.165, 1.54) is 16.9 Å². The predicted octanol–water partition coefficient (Wildman–Crippen LogP) is 5.43. The fourth-order valence-corrected chi connectivity index (χ4v) is 3.45. The summed E-state index contributed by atoms with van der Waals surface area (Å²) >= 11 is 1.40. The average molecular weight is 348 g/mol. The zero-order chi connectivity index (χ0) is 17.4. The Morgan fingerprint density at radius 3 is 2.60 bits per heavy atom. The number of carbonyl (C=O) groups is 1. The summed E-state index contributed by atoms with van der Waals surface area (Å²) in [5, 5.41) is 6.28. The van der Waals surface area contributed by atoms with E-state index in [0.29, 0.717) is 16.5 Å². The van der Waals surface area contributed by atoms with Crippen LogP contribution in [-0.4, -0.2) is 10.9 Å². The molecular formula is C20H16N2O2S. The van der Waals surface area contributed by atoms with Crippen LogP contribution in [0.4, 0.5) is 5.13 Å². The lowest BCUT2D eigenvalue weighted by Crippen LogP contribution is -2.11. The first kappa shape index (κ1) is 15.6. The number of nitrogens with zero attached hydrogens (tertiary/aromatic N) is 1. The number of fused-ring (bicyclic) bond motifs is 1. The van der Waals surface area contributed by atoms with Crippen molar-refractivity contribution in [3.05, 3.63) is 70.8 Å². The minimum Gasteiger partial charge on any atom is -0.451 e. The van der Waals surface area contributed by atoms with Crippen LogP contribution in [0.25, 0.3) is 22.2 Å². The van der Waals surface area contributed by atoms with Crippen molar-refractivity contribution < 1.29 is 9.21 Å². The highest BCUT2D eigenvalue weighted by molar-refractivity contribution is 7.14. The van der Waals surface area contributed by atoms with Crippen LogP contribution in [0.1, 0.15) is 21.7 Å². The summed E-state index contributed by atoms with van der Waals surface area (Å²) in [7, 11) is 0. The number of para-hydroxylation sites is 1. The second kappa shape index (κ2) is 6.18. The van der Waals surface area contributed by atoms with E-state index >= 15 is 0 Å². The lowest BCUT2D eigenvalue weighted by molar-refractivity contribution is 0.0998. The molecule has 2 aromatic heterocycles. The summed E-state index contributed by atoms with van der Waals surface area (Å²) < 4.78 is 5.70. The van der Waals surface area contributed by atoms with E-state index in [1.807, 2.05) is 67.8 Å². The molecule has 0 unspecified atom stereocenters. The molecular weight excluding hydrogens is 332 g/mol. The number of aryl methyl sites for hydroxylation is 2. The number of hydrogen-bond donors (Lipinski definition) is 1. The van der Waals surface area contributed by atoms with Crippen molar-refractivity contribution in [2.45, 2.75) is 13.8 Å². The first-order valence-electron chi connectivity index (χ1n) is 7.94. The second-order valence-electron chi connectivity index (χ2n) is 5.91. The molecule has 2 aromatic carbocycles. The van der Waals surface area contributed by atoms with Crippen molar-refractivity contribution in [2.24, 2.45) is 0 Å². The Morgan fingerprint density at radius 1 is 1.08 bits per heavy atom. The molecule has 0 saturated heterocycles. The molecule has 0 atom stereocenters. The number of carbonyl (C=O) groups excluding carboxylic acids is 1. The van der Waals surface area contributed by atoms with Gasteiger partial charge in [0.15, 0.2) is 10.9 Å². The van der Waals surface area contributed by atoms with Gasteiger partial charge in [-0.15, -0.1) is 11.3 Å². The number of amides is 1. The summed E-state index contributed by atoms with van der Waals surface area (Å²) in [6, 6.07) is 15.8. The normalized spacial score (nSPS) is 11.0. The molecule has 5 heteroatoms. The molecule has 0 bridgehead atoms. The molecule has 0 spiro atoms. The summed E-state index contributed by atoms with van der Waals surface area (Å²) in [6.45, 7) is 3.94. The Labute approximate surface area is 149 Å². The standard InChI is InChI=1S/C20H16N2O2S/c1-12-7-9-14(10-8-12)16-11-25-20(21-16)22-19(23)18-13(2)15-5-3-4-6-17(15)24-18/h3-11H,1-2H3,(H,21,22,23). The topological polar surface area (TPSA) is 55.1 Å². The predicted molar refractivity (Wildman–Crippen MR) is 101 cm³/mol. The van der Waals surface area contributed by atoms with E-state index in [4.69, 9.17) is 4.42 Å². The monoisotopic (exact) mass is 348 g/mol. The average Bonchev–Trinajstić information content (AvgIpc) is 3.21. The first-order chi connectivity index (χ1) is 12.1. The highest BCUT2D eigenvalue weighted by Crippen LogP contribution is 2.28. The molecule has 0 fully saturated rings. The van der Waals surface area contributed by atoms with Gasteiger partial charge in [0.2, 0.25) is 0 Å². The van der Waals surface area contributed by atoms with Gasteiger partial charge in [0.25, 0.3) is 5.91 Å². The molecule has 0 aliphatic rings. The number of benzene rings is 2. The van der Waals surface area contributed by atoms with Crippen LogP contribution in [0.15, 0.2) is 58.3 Å². The highest BCUT2D eigenvalue weighted by atomic mass is 32.1. The molecule has 1 amide bonds. The smallest absolute Gasteiger partial charge is 0.293 e. The summed E-state index contributed by atoms with van der Waals surface area (Å²) in [6.07, 6.45) is 0. The summed E-state index contributed by atoms with van der Waals surface area (Å²) in [5.41, 5.74) is 4.63. The third-order valence-corrected chi connectivity index (χ3v) is 4.88. The zero-order valence-corrected chi connectivity index (χ0v) is 14.7. The van der Waals surface area contributed by atoms with Crippen LogP contribution in [0.2, 0.25) is 0 Å². The molecule has 0 aliphatic heterocycles. The third kappa shape index (κ3) is 2.94. The van der Waals surface area contributed by atoms with Gasteiger partial charge < -0.3 is 4.42 Å². The van der Waals surface area contributed by atoms with Crippen molar-refractivity contribution >= 4 is 33.3 Å². The maximum Gasteiger partial charge on any atom is 0.293 e. The van der Waals surface area contributed by atoms with Crippen molar-refractivity contribution in [1.82, 2.24) is 4.98 Å². The Hall–Kier alpha value is -2.92. The fourth-order valence-electron chi connectivity index (χ4n) is 2.73. The summed E-state index contributed by atoms with van der Waals surface area (Å²) in [5.74, 6) is 0.0480. The van der Waals surface area contributed by atoms with Crippen LogP contribution in [-0.2, 0) is 0 Å². The quantitative estimate of drug-likeness (QED) is 0.537. The van der Waals surface area contributed by atoms with Crippen LogP contribution >= 0.6 is 11.3 Å². The lowest BCUT2D eigenvalue weighted by atomic mass is 10.1. The van der Waals surface area contributed by atoms with Crippen LogP contribution in [0, 0.1) is 13.8 Å². The number of hydrogen-bond acceptors (Lipinski definition) is 4. The van der Waals surface area contributed by atoms with Gasteiger partial charge in [0.1, 0.15) is 5.58 Å². The van der Waals surface area contributed by atoms with Gasteiger partial charge in [0.05, 0.1) is 5.69 Å². The Balaban J connectivity index is 1.58. The largest absolute Gasteiger partial charge is 0.451 e. The lowest BCUT2D eigenvalue weighted by Gasteiger charge is -2.00. The van der Waals surface area contributed by atoms with Gasteiger partial charge in [0, 0.05) is 21.9 Å². The number of anilines is 1. The van der Waals surface area contributed by atoms with E-state index in [9.17, 15) is 4.79 Å². The van der Waals surface area contributed by atoms with Crippen molar-refractivity contribution in [2.75, 3.05) is 5.32 Å². The molecule has 0 aliphatic carbocycles. The second-order valence-corrected chi connectivity index (χ2v) is 6.77. The maximum absolute atomic E-state index is 12.6.